The number of piperidine rings is 1. The van der Waals surface area contributed by atoms with Crippen LogP contribution >= 0.6 is 0 Å². The SMILES string of the molecule is C[C@@H]1C[C@H](F)CCN1. The zero-order chi connectivity index (χ0) is 5.98. The lowest BCUT2D eigenvalue weighted by molar-refractivity contribution is 0.230. The molecule has 0 aromatic carbocycles. The third-order valence-corrected chi connectivity index (χ3v) is 1.56. The second-order valence-electron chi connectivity index (χ2n) is 2.48. The monoisotopic (exact) mass is 117 g/mol. The second kappa shape index (κ2) is 2.44. The van der Waals surface area contributed by atoms with E-state index in [0.717, 1.165) is 6.54 Å². The first-order chi connectivity index (χ1) is 3.79. The second-order valence-corrected chi connectivity index (χ2v) is 2.48. The molecule has 2 heteroatoms. The highest BCUT2D eigenvalue weighted by Gasteiger charge is 2.15. The predicted octanol–water partition coefficient (Wildman–Crippen LogP) is 1.10. The summed E-state index contributed by atoms with van der Waals surface area (Å²) in [7, 11) is 0. The van der Waals surface area contributed by atoms with Gasteiger partial charge >= 0.3 is 0 Å². The van der Waals surface area contributed by atoms with Crippen molar-refractivity contribution in [1.82, 2.24) is 5.32 Å². The van der Waals surface area contributed by atoms with Crippen molar-refractivity contribution in [2.45, 2.75) is 32.0 Å². The molecular weight excluding hydrogens is 105 g/mol. The molecule has 0 spiro atoms. The van der Waals surface area contributed by atoms with Crippen LogP contribution in [0.2, 0.25) is 0 Å². The Balaban J connectivity index is 2.23. The number of halogens is 1. The summed E-state index contributed by atoms with van der Waals surface area (Å²) < 4.78 is 12.4. The van der Waals surface area contributed by atoms with E-state index in [2.05, 4.69) is 5.32 Å². The van der Waals surface area contributed by atoms with E-state index in [1.807, 2.05) is 6.92 Å². The van der Waals surface area contributed by atoms with Crippen molar-refractivity contribution < 1.29 is 4.39 Å². The van der Waals surface area contributed by atoms with Gasteiger partial charge in [0.25, 0.3) is 0 Å². The topological polar surface area (TPSA) is 12.0 Å². The fraction of sp³-hybridized carbons (Fsp3) is 1.00. The Hall–Kier alpha value is -0.110. The molecule has 8 heavy (non-hydrogen) atoms. The van der Waals surface area contributed by atoms with Gasteiger partial charge in [-0.25, -0.2) is 4.39 Å². The quantitative estimate of drug-likeness (QED) is 0.501. The zero-order valence-corrected chi connectivity index (χ0v) is 5.15. The van der Waals surface area contributed by atoms with Crippen molar-refractivity contribution in [3.63, 3.8) is 0 Å². The van der Waals surface area contributed by atoms with Crippen molar-refractivity contribution >= 4 is 0 Å². The first-order valence-electron chi connectivity index (χ1n) is 3.16. The molecule has 1 N–H and O–H groups in total. The maximum absolute atomic E-state index is 12.4. The average Bonchev–Trinajstić information content (AvgIpc) is 1.64. The lowest BCUT2D eigenvalue weighted by Crippen LogP contribution is -2.36. The van der Waals surface area contributed by atoms with E-state index >= 15 is 0 Å². The minimum absolute atomic E-state index is 0.388. The summed E-state index contributed by atoms with van der Waals surface area (Å²) in [5.41, 5.74) is 0. The first-order valence-corrected chi connectivity index (χ1v) is 3.16. The summed E-state index contributed by atoms with van der Waals surface area (Å²) in [5.74, 6) is 0. The summed E-state index contributed by atoms with van der Waals surface area (Å²) in [5, 5.41) is 3.17. The van der Waals surface area contributed by atoms with Crippen LogP contribution in [0.5, 0.6) is 0 Å². The molecule has 0 unspecified atom stereocenters. The van der Waals surface area contributed by atoms with Gasteiger partial charge in [0.15, 0.2) is 0 Å². The molecule has 1 aliphatic rings. The number of hydrogen-bond donors (Lipinski definition) is 1. The van der Waals surface area contributed by atoms with Gasteiger partial charge in [0.05, 0.1) is 0 Å². The Bertz CT molecular complexity index is 66.9. The van der Waals surface area contributed by atoms with Gasteiger partial charge in [0.2, 0.25) is 0 Å². The molecule has 48 valence electrons. The average molecular weight is 117 g/mol. The van der Waals surface area contributed by atoms with Gasteiger partial charge in [0, 0.05) is 6.04 Å². The third kappa shape index (κ3) is 1.44. The van der Waals surface area contributed by atoms with Crippen LogP contribution in [0.25, 0.3) is 0 Å². The lowest BCUT2D eigenvalue weighted by atomic mass is 10.1. The molecule has 0 aromatic heterocycles. The van der Waals surface area contributed by atoms with Crippen LogP contribution in [0.1, 0.15) is 19.8 Å². The molecule has 0 saturated carbocycles. The summed E-state index contributed by atoms with van der Waals surface area (Å²) in [6.45, 7) is 2.87. The summed E-state index contributed by atoms with van der Waals surface area (Å²) in [4.78, 5) is 0. The van der Waals surface area contributed by atoms with Gasteiger partial charge < -0.3 is 5.32 Å². The molecule has 2 atom stereocenters. The molecule has 1 nitrogen and oxygen atoms in total. The number of nitrogens with one attached hydrogen (secondary N) is 1. The van der Waals surface area contributed by atoms with E-state index in [4.69, 9.17) is 0 Å². The van der Waals surface area contributed by atoms with E-state index in [9.17, 15) is 4.39 Å². The van der Waals surface area contributed by atoms with Crippen LogP contribution in [0.3, 0.4) is 0 Å². The summed E-state index contributed by atoms with van der Waals surface area (Å²) >= 11 is 0. The van der Waals surface area contributed by atoms with Gasteiger partial charge in [-0.15, -0.1) is 0 Å². The Morgan fingerprint density at radius 2 is 2.38 bits per heavy atom. The maximum Gasteiger partial charge on any atom is 0.103 e. The van der Waals surface area contributed by atoms with E-state index in [1.54, 1.807) is 0 Å². The Labute approximate surface area is 49.3 Å². The number of hydrogen-bond acceptors (Lipinski definition) is 1. The summed E-state index contributed by atoms with van der Waals surface area (Å²) in [6, 6.07) is 0.388. The van der Waals surface area contributed by atoms with Crippen molar-refractivity contribution in [2.24, 2.45) is 0 Å². The zero-order valence-electron chi connectivity index (χ0n) is 5.15. The highest BCUT2D eigenvalue weighted by Crippen LogP contribution is 2.10. The highest BCUT2D eigenvalue weighted by molar-refractivity contribution is 4.73. The molecule has 1 saturated heterocycles. The molecule has 0 aromatic rings. The molecule has 0 bridgehead atoms. The van der Waals surface area contributed by atoms with Gasteiger partial charge in [-0.1, -0.05) is 0 Å². The van der Waals surface area contributed by atoms with Gasteiger partial charge in [-0.2, -0.15) is 0 Å². The Kier molecular flexibility index (Phi) is 1.84. The smallest absolute Gasteiger partial charge is 0.103 e. The predicted molar refractivity (Wildman–Crippen MR) is 31.6 cm³/mol. The molecule has 0 radical (unpaired) electrons. The van der Waals surface area contributed by atoms with E-state index in [0.29, 0.717) is 18.9 Å². The minimum atomic E-state index is -0.550. The van der Waals surface area contributed by atoms with Crippen molar-refractivity contribution in [2.75, 3.05) is 6.54 Å². The summed E-state index contributed by atoms with van der Waals surface area (Å²) in [6.07, 6.45) is 0.843. The molecule has 0 aliphatic carbocycles. The standard InChI is InChI=1S/C6H12FN/c1-5-4-6(7)2-3-8-5/h5-6,8H,2-4H2,1H3/t5-,6-/m1/s1. The number of alkyl halides is 1. The van der Waals surface area contributed by atoms with Gasteiger partial charge in [-0.05, 0) is 26.3 Å². The van der Waals surface area contributed by atoms with Crippen molar-refractivity contribution in [1.29, 1.82) is 0 Å². The first kappa shape index (κ1) is 6.02. The van der Waals surface area contributed by atoms with E-state index < -0.39 is 6.17 Å². The van der Waals surface area contributed by atoms with Crippen molar-refractivity contribution in [3.8, 4) is 0 Å². The molecule has 1 rings (SSSR count). The lowest BCUT2D eigenvalue weighted by Gasteiger charge is -2.22. The fourth-order valence-electron chi connectivity index (χ4n) is 1.07. The van der Waals surface area contributed by atoms with Gasteiger partial charge in [0.1, 0.15) is 6.17 Å². The van der Waals surface area contributed by atoms with Crippen LogP contribution in [0.4, 0.5) is 4.39 Å². The van der Waals surface area contributed by atoms with Crippen LogP contribution in [-0.2, 0) is 0 Å². The molecule has 1 aliphatic heterocycles. The highest BCUT2D eigenvalue weighted by atomic mass is 19.1. The number of rotatable bonds is 0. The normalized spacial score (nSPS) is 39.8. The maximum atomic E-state index is 12.4. The minimum Gasteiger partial charge on any atom is -0.314 e. The molecular formula is C6H12FN. The molecule has 1 fully saturated rings. The van der Waals surface area contributed by atoms with E-state index in [1.165, 1.54) is 0 Å². The molecule has 0 amide bonds. The largest absolute Gasteiger partial charge is 0.314 e. The van der Waals surface area contributed by atoms with Crippen molar-refractivity contribution in [3.05, 3.63) is 0 Å². The van der Waals surface area contributed by atoms with Crippen LogP contribution in [0, 0.1) is 0 Å². The van der Waals surface area contributed by atoms with E-state index in [-0.39, 0.29) is 0 Å². The Morgan fingerprint density at radius 1 is 1.62 bits per heavy atom. The molecule has 1 heterocycles. The fourth-order valence-corrected chi connectivity index (χ4v) is 1.07. The van der Waals surface area contributed by atoms with Crippen LogP contribution < -0.4 is 5.32 Å². The van der Waals surface area contributed by atoms with Crippen LogP contribution in [-0.4, -0.2) is 18.8 Å². The van der Waals surface area contributed by atoms with Gasteiger partial charge in [-0.3, -0.25) is 0 Å². The third-order valence-electron chi connectivity index (χ3n) is 1.56. The Morgan fingerprint density at radius 3 is 2.75 bits per heavy atom. The van der Waals surface area contributed by atoms with Crippen LogP contribution in [0.15, 0.2) is 0 Å².